The average molecular weight is 413 g/mol. The van der Waals surface area contributed by atoms with Gasteiger partial charge in [-0.25, -0.2) is 0 Å². The lowest BCUT2D eigenvalue weighted by Crippen LogP contribution is -2.67. The Morgan fingerprint density at radius 3 is 1.97 bits per heavy atom. The molecule has 0 radical (unpaired) electrons. The molecule has 0 aliphatic carbocycles. The van der Waals surface area contributed by atoms with Crippen molar-refractivity contribution in [3.05, 3.63) is 73.3 Å². The molecule has 1 aliphatic rings. The second-order valence-corrected chi connectivity index (χ2v) is 13.0. The molecule has 0 unspecified atom stereocenters. The van der Waals surface area contributed by atoms with Gasteiger partial charge in [0, 0.05) is 6.42 Å². The minimum absolute atomic E-state index is 0.146. The van der Waals surface area contributed by atoms with Gasteiger partial charge in [-0.1, -0.05) is 87.5 Å². The van der Waals surface area contributed by atoms with Crippen LogP contribution >= 0.6 is 0 Å². The molecular formula is C24H32O4Si. The second-order valence-electron chi connectivity index (χ2n) is 8.72. The van der Waals surface area contributed by atoms with Crippen molar-refractivity contribution in [1.82, 2.24) is 0 Å². The second kappa shape index (κ2) is 8.94. The number of ether oxygens (including phenoxy) is 1. The van der Waals surface area contributed by atoms with E-state index >= 15 is 0 Å². The summed E-state index contributed by atoms with van der Waals surface area (Å²) in [5, 5.41) is 22.8. The molecule has 2 aromatic rings. The maximum atomic E-state index is 10.5. The molecule has 29 heavy (non-hydrogen) atoms. The average Bonchev–Trinajstić information content (AvgIpc) is 2.70. The van der Waals surface area contributed by atoms with Gasteiger partial charge in [0.25, 0.3) is 8.32 Å². The summed E-state index contributed by atoms with van der Waals surface area (Å²) in [4.78, 5) is 0. The summed E-state index contributed by atoms with van der Waals surface area (Å²) in [6, 6.07) is 20.8. The van der Waals surface area contributed by atoms with Gasteiger partial charge in [0.05, 0.1) is 18.8 Å². The highest BCUT2D eigenvalue weighted by atomic mass is 28.4. The summed E-state index contributed by atoms with van der Waals surface area (Å²) in [5.74, 6) is 0. The van der Waals surface area contributed by atoms with Crippen LogP contribution in [0.25, 0.3) is 0 Å². The van der Waals surface area contributed by atoms with Crippen LogP contribution in [0.4, 0.5) is 0 Å². The van der Waals surface area contributed by atoms with Crippen LogP contribution in [-0.2, 0) is 9.16 Å². The van der Waals surface area contributed by atoms with Crippen LogP contribution in [0, 0.1) is 0 Å². The van der Waals surface area contributed by atoms with Crippen molar-refractivity contribution < 1.29 is 19.4 Å². The van der Waals surface area contributed by atoms with Crippen molar-refractivity contribution in [2.75, 3.05) is 6.61 Å². The van der Waals surface area contributed by atoms with Crippen molar-refractivity contribution in [1.29, 1.82) is 0 Å². The fourth-order valence-corrected chi connectivity index (χ4v) is 8.82. The van der Waals surface area contributed by atoms with Gasteiger partial charge in [-0.3, -0.25) is 0 Å². The number of benzene rings is 2. The summed E-state index contributed by atoms with van der Waals surface area (Å²) in [7, 11) is -2.69. The standard InChI is InChI=1S/C24H32O4Si/c1-5-22-20(25)16-21(26)23(28-22)17-27-29(24(2,3)4,18-12-8-6-9-13-18)19-14-10-7-11-15-19/h5-15,20-23,25-26H,1,16-17H2,2-4H3/t20-,21+,22+,23-/m1/s1. The Bertz CT molecular complexity index is 748. The largest absolute Gasteiger partial charge is 0.405 e. The number of hydrogen-bond acceptors (Lipinski definition) is 4. The van der Waals surface area contributed by atoms with E-state index in [1.165, 1.54) is 10.4 Å². The van der Waals surface area contributed by atoms with Crippen LogP contribution in [0.2, 0.25) is 5.04 Å². The highest BCUT2D eigenvalue weighted by Gasteiger charge is 2.51. The Morgan fingerprint density at radius 2 is 1.52 bits per heavy atom. The summed E-state index contributed by atoms with van der Waals surface area (Å²) >= 11 is 0. The van der Waals surface area contributed by atoms with Gasteiger partial charge in [0.15, 0.2) is 0 Å². The Labute approximate surface area is 174 Å². The Morgan fingerprint density at radius 1 is 1.00 bits per heavy atom. The fourth-order valence-electron chi connectivity index (χ4n) is 4.25. The van der Waals surface area contributed by atoms with Crippen LogP contribution in [-0.4, -0.2) is 49.6 Å². The van der Waals surface area contributed by atoms with E-state index in [-0.39, 0.29) is 18.1 Å². The van der Waals surface area contributed by atoms with E-state index in [4.69, 9.17) is 9.16 Å². The first kappa shape index (κ1) is 21.9. The Balaban J connectivity index is 1.99. The van der Waals surface area contributed by atoms with E-state index in [9.17, 15) is 10.2 Å². The molecule has 2 N–H and O–H groups in total. The highest BCUT2D eigenvalue weighted by molar-refractivity contribution is 6.99. The monoisotopic (exact) mass is 412 g/mol. The third-order valence-electron chi connectivity index (χ3n) is 5.74. The molecule has 1 heterocycles. The molecule has 0 amide bonds. The summed E-state index contributed by atoms with van der Waals surface area (Å²) < 4.78 is 12.8. The van der Waals surface area contributed by atoms with E-state index in [0.717, 1.165) is 0 Å². The molecule has 1 fully saturated rings. The third kappa shape index (κ3) is 4.39. The Hall–Kier alpha value is -1.76. The summed E-state index contributed by atoms with van der Waals surface area (Å²) in [6.07, 6.45) is -0.682. The van der Waals surface area contributed by atoms with Crippen molar-refractivity contribution in [2.24, 2.45) is 0 Å². The first-order valence-electron chi connectivity index (χ1n) is 10.2. The van der Waals surface area contributed by atoms with E-state index in [2.05, 4.69) is 51.6 Å². The van der Waals surface area contributed by atoms with Crippen molar-refractivity contribution >= 4 is 18.7 Å². The normalized spacial score (nSPS) is 25.6. The van der Waals surface area contributed by atoms with Crippen molar-refractivity contribution in [3.8, 4) is 0 Å². The third-order valence-corrected chi connectivity index (χ3v) is 10.7. The number of aliphatic hydroxyl groups excluding tert-OH is 2. The molecule has 5 heteroatoms. The molecule has 2 aromatic carbocycles. The highest BCUT2D eigenvalue weighted by Crippen LogP contribution is 2.37. The van der Waals surface area contributed by atoms with Gasteiger partial charge >= 0.3 is 0 Å². The first-order chi connectivity index (χ1) is 13.8. The van der Waals surface area contributed by atoms with Crippen molar-refractivity contribution in [3.63, 3.8) is 0 Å². The van der Waals surface area contributed by atoms with Gasteiger partial charge in [0.1, 0.15) is 12.2 Å². The zero-order valence-corrected chi connectivity index (χ0v) is 18.5. The van der Waals surface area contributed by atoms with Gasteiger partial charge < -0.3 is 19.4 Å². The molecule has 0 bridgehead atoms. The van der Waals surface area contributed by atoms with Crippen LogP contribution in [0.5, 0.6) is 0 Å². The minimum Gasteiger partial charge on any atom is -0.405 e. The predicted octanol–water partition coefficient (Wildman–Crippen LogP) is 2.63. The maximum absolute atomic E-state index is 10.5. The quantitative estimate of drug-likeness (QED) is 0.566. The predicted molar refractivity (Wildman–Crippen MR) is 119 cm³/mol. The van der Waals surface area contributed by atoms with Crippen LogP contribution in [0.1, 0.15) is 27.2 Å². The first-order valence-corrected chi connectivity index (χ1v) is 12.1. The lowest BCUT2D eigenvalue weighted by molar-refractivity contribution is -0.161. The molecule has 3 rings (SSSR count). The smallest absolute Gasteiger partial charge is 0.261 e. The lowest BCUT2D eigenvalue weighted by Gasteiger charge is -2.45. The van der Waals surface area contributed by atoms with Gasteiger partial charge in [-0.2, -0.15) is 0 Å². The molecule has 0 saturated carbocycles. The molecule has 4 nitrogen and oxygen atoms in total. The van der Waals surface area contributed by atoms with E-state index < -0.39 is 32.7 Å². The zero-order valence-electron chi connectivity index (χ0n) is 17.5. The maximum Gasteiger partial charge on any atom is 0.261 e. The van der Waals surface area contributed by atoms with Crippen LogP contribution < -0.4 is 10.4 Å². The van der Waals surface area contributed by atoms with Gasteiger partial charge in [0.2, 0.25) is 0 Å². The number of hydrogen-bond donors (Lipinski definition) is 2. The minimum atomic E-state index is -2.69. The molecule has 156 valence electrons. The van der Waals surface area contributed by atoms with Gasteiger partial charge in [-0.15, -0.1) is 6.58 Å². The number of rotatable bonds is 6. The summed E-state index contributed by atoms with van der Waals surface area (Å²) in [6.45, 7) is 10.6. The molecule has 0 spiro atoms. The lowest BCUT2D eigenvalue weighted by atomic mass is 9.99. The van der Waals surface area contributed by atoms with E-state index in [1.807, 2.05) is 36.4 Å². The molecule has 1 saturated heterocycles. The van der Waals surface area contributed by atoms with Crippen LogP contribution in [0.3, 0.4) is 0 Å². The molecular weight excluding hydrogens is 380 g/mol. The van der Waals surface area contributed by atoms with Gasteiger partial charge in [-0.05, 0) is 15.4 Å². The SMILES string of the molecule is C=C[C@@H]1O[C@H](CO[Si](c2ccccc2)(c2ccccc2)C(C)(C)C)[C@@H](O)C[C@H]1O. The van der Waals surface area contributed by atoms with Crippen LogP contribution in [0.15, 0.2) is 73.3 Å². The zero-order chi connectivity index (χ0) is 21.1. The Kier molecular flexibility index (Phi) is 6.76. The van der Waals surface area contributed by atoms with Crippen molar-refractivity contribution in [2.45, 2.75) is 56.6 Å². The topological polar surface area (TPSA) is 58.9 Å². The molecule has 0 aromatic heterocycles. The number of aliphatic hydroxyl groups is 2. The molecule has 4 atom stereocenters. The fraction of sp³-hybridized carbons (Fsp3) is 0.417. The summed E-state index contributed by atoms with van der Waals surface area (Å²) in [5.41, 5.74) is 0. The molecule has 1 aliphatic heterocycles. The van der Waals surface area contributed by atoms with E-state index in [1.54, 1.807) is 6.08 Å². The van der Waals surface area contributed by atoms with E-state index in [0.29, 0.717) is 0 Å².